The van der Waals surface area contributed by atoms with Crippen LogP contribution in [0.5, 0.6) is 0 Å². The zero-order valence-corrected chi connectivity index (χ0v) is 16.8. The summed E-state index contributed by atoms with van der Waals surface area (Å²) in [4.78, 5) is 21.3. The van der Waals surface area contributed by atoms with E-state index in [1.54, 1.807) is 17.4 Å². The largest absolute Gasteiger partial charge is 0.339 e. The molecule has 0 aliphatic rings. The Labute approximate surface area is 173 Å². The molecule has 0 atom stereocenters. The first-order valence-electron chi connectivity index (χ1n) is 8.15. The Balaban J connectivity index is 1.85. The highest BCUT2D eigenvalue weighted by molar-refractivity contribution is 7.19. The lowest BCUT2D eigenvalue weighted by atomic mass is 10.0. The number of thiophene rings is 1. The fourth-order valence-corrected chi connectivity index (χ4v) is 4.30. The van der Waals surface area contributed by atoms with Gasteiger partial charge in [0, 0.05) is 27.2 Å². The standard InChI is InChI=1S/C19H12Cl2N4O2S/c1-10-16(11-2-4-12(20)5-3-11)17-18(22-9-23-19(17)28-10)24-13-6-7-14(21)15(8-13)25(26)27/h2-9H,1H3,(H,22,23,24). The van der Waals surface area contributed by atoms with Crippen LogP contribution in [0.25, 0.3) is 21.3 Å². The van der Waals surface area contributed by atoms with E-state index in [1.807, 2.05) is 31.2 Å². The molecular weight excluding hydrogens is 419 g/mol. The second kappa shape index (κ2) is 7.35. The molecule has 0 radical (unpaired) electrons. The van der Waals surface area contributed by atoms with E-state index in [0.717, 1.165) is 26.2 Å². The van der Waals surface area contributed by atoms with Gasteiger partial charge < -0.3 is 5.32 Å². The van der Waals surface area contributed by atoms with Crippen LogP contribution in [0.1, 0.15) is 4.88 Å². The minimum atomic E-state index is -0.517. The van der Waals surface area contributed by atoms with Gasteiger partial charge in [-0.3, -0.25) is 10.1 Å². The van der Waals surface area contributed by atoms with E-state index in [9.17, 15) is 10.1 Å². The number of benzene rings is 2. The number of aryl methyl sites for hydroxylation is 1. The van der Waals surface area contributed by atoms with Crippen molar-refractivity contribution in [1.29, 1.82) is 0 Å². The van der Waals surface area contributed by atoms with Crippen LogP contribution in [0.4, 0.5) is 17.2 Å². The summed E-state index contributed by atoms with van der Waals surface area (Å²) >= 11 is 13.5. The van der Waals surface area contributed by atoms with E-state index in [-0.39, 0.29) is 10.7 Å². The molecule has 4 rings (SSSR count). The van der Waals surface area contributed by atoms with Crippen molar-refractivity contribution in [2.45, 2.75) is 6.92 Å². The van der Waals surface area contributed by atoms with E-state index in [0.29, 0.717) is 16.5 Å². The molecular formula is C19H12Cl2N4O2S. The third-order valence-electron chi connectivity index (χ3n) is 4.20. The first kappa shape index (κ1) is 18.6. The Bertz CT molecular complexity index is 1210. The van der Waals surface area contributed by atoms with Crippen molar-refractivity contribution in [2.75, 3.05) is 5.32 Å². The van der Waals surface area contributed by atoms with Gasteiger partial charge in [-0.25, -0.2) is 9.97 Å². The SMILES string of the molecule is Cc1sc2ncnc(Nc3ccc(Cl)c([N+](=O)[O-])c3)c2c1-c1ccc(Cl)cc1. The van der Waals surface area contributed by atoms with Crippen LogP contribution in [-0.4, -0.2) is 14.9 Å². The topological polar surface area (TPSA) is 81.0 Å². The summed E-state index contributed by atoms with van der Waals surface area (Å²) in [5, 5.41) is 15.9. The fraction of sp³-hybridized carbons (Fsp3) is 0.0526. The number of nitro groups is 1. The first-order valence-corrected chi connectivity index (χ1v) is 9.72. The number of nitro benzene ring substituents is 1. The van der Waals surface area contributed by atoms with Crippen LogP contribution >= 0.6 is 34.5 Å². The lowest BCUT2D eigenvalue weighted by molar-refractivity contribution is -0.384. The molecule has 0 unspecified atom stereocenters. The summed E-state index contributed by atoms with van der Waals surface area (Å²) in [6, 6.07) is 12.1. The highest BCUT2D eigenvalue weighted by Gasteiger charge is 2.18. The molecule has 0 spiro atoms. The number of halogens is 2. The maximum Gasteiger partial charge on any atom is 0.289 e. The normalized spacial score (nSPS) is 11.0. The maximum atomic E-state index is 11.2. The van der Waals surface area contributed by atoms with Crippen LogP contribution in [-0.2, 0) is 0 Å². The first-order chi connectivity index (χ1) is 13.4. The lowest BCUT2D eigenvalue weighted by Crippen LogP contribution is -1.97. The minimum Gasteiger partial charge on any atom is -0.339 e. The molecule has 2 aromatic carbocycles. The molecule has 1 N–H and O–H groups in total. The Hall–Kier alpha value is -2.74. The van der Waals surface area contributed by atoms with Crippen molar-refractivity contribution in [3.63, 3.8) is 0 Å². The van der Waals surface area contributed by atoms with Gasteiger partial charge in [-0.1, -0.05) is 35.3 Å². The average molecular weight is 431 g/mol. The summed E-state index contributed by atoms with van der Waals surface area (Å²) in [6.07, 6.45) is 1.47. The van der Waals surface area contributed by atoms with Crippen molar-refractivity contribution in [1.82, 2.24) is 9.97 Å². The summed E-state index contributed by atoms with van der Waals surface area (Å²) in [5.74, 6) is 0.566. The van der Waals surface area contributed by atoms with Crippen LogP contribution in [0, 0.1) is 17.0 Å². The third kappa shape index (κ3) is 3.40. The van der Waals surface area contributed by atoms with Crippen molar-refractivity contribution < 1.29 is 4.92 Å². The summed E-state index contributed by atoms with van der Waals surface area (Å²) < 4.78 is 0. The van der Waals surface area contributed by atoms with Gasteiger partial charge in [-0.2, -0.15) is 0 Å². The van der Waals surface area contributed by atoms with Gasteiger partial charge in [0.25, 0.3) is 5.69 Å². The quantitative estimate of drug-likeness (QED) is 0.290. The van der Waals surface area contributed by atoms with Crippen molar-refractivity contribution in [2.24, 2.45) is 0 Å². The van der Waals surface area contributed by atoms with Crippen LogP contribution in [0.15, 0.2) is 48.8 Å². The summed E-state index contributed by atoms with van der Waals surface area (Å²) in [6.45, 7) is 2.02. The third-order valence-corrected chi connectivity index (χ3v) is 5.79. The average Bonchev–Trinajstić information content (AvgIpc) is 3.00. The van der Waals surface area contributed by atoms with E-state index in [2.05, 4.69) is 15.3 Å². The van der Waals surface area contributed by atoms with Gasteiger partial charge in [-0.05, 0) is 36.8 Å². The van der Waals surface area contributed by atoms with Crippen LogP contribution < -0.4 is 5.32 Å². The number of fused-ring (bicyclic) bond motifs is 1. The molecule has 0 fully saturated rings. The molecule has 0 bridgehead atoms. The van der Waals surface area contributed by atoms with Gasteiger partial charge in [0.15, 0.2) is 0 Å². The minimum absolute atomic E-state index is 0.0802. The van der Waals surface area contributed by atoms with Crippen molar-refractivity contribution >= 4 is 61.9 Å². The van der Waals surface area contributed by atoms with Crippen molar-refractivity contribution in [3.05, 3.63) is 73.8 Å². The molecule has 0 saturated heterocycles. The summed E-state index contributed by atoms with van der Waals surface area (Å²) in [7, 11) is 0. The van der Waals surface area contributed by atoms with E-state index >= 15 is 0 Å². The Morgan fingerprint density at radius 1 is 1.11 bits per heavy atom. The number of nitrogens with one attached hydrogen (secondary N) is 1. The zero-order valence-electron chi connectivity index (χ0n) is 14.4. The molecule has 2 aromatic heterocycles. The van der Waals surface area contributed by atoms with Gasteiger partial charge in [0.2, 0.25) is 0 Å². The molecule has 28 heavy (non-hydrogen) atoms. The van der Waals surface area contributed by atoms with Gasteiger partial charge in [0.1, 0.15) is 22.0 Å². The van der Waals surface area contributed by atoms with Gasteiger partial charge in [-0.15, -0.1) is 11.3 Å². The fourth-order valence-electron chi connectivity index (χ4n) is 2.97. The molecule has 6 nitrogen and oxygen atoms in total. The number of nitrogens with zero attached hydrogens (tertiary/aromatic N) is 3. The second-order valence-electron chi connectivity index (χ2n) is 5.99. The second-order valence-corrected chi connectivity index (χ2v) is 8.04. The molecule has 140 valence electrons. The van der Waals surface area contributed by atoms with Crippen LogP contribution in [0.2, 0.25) is 10.0 Å². The molecule has 2 heterocycles. The van der Waals surface area contributed by atoms with Gasteiger partial charge >= 0.3 is 0 Å². The molecule has 0 saturated carbocycles. The maximum absolute atomic E-state index is 11.2. The van der Waals surface area contributed by atoms with Gasteiger partial charge in [0.05, 0.1) is 10.3 Å². The van der Waals surface area contributed by atoms with E-state index < -0.39 is 4.92 Å². The zero-order chi connectivity index (χ0) is 19.8. The Morgan fingerprint density at radius 3 is 2.57 bits per heavy atom. The number of aromatic nitrogens is 2. The highest BCUT2D eigenvalue weighted by atomic mass is 35.5. The molecule has 0 aliphatic carbocycles. The Kier molecular flexibility index (Phi) is 4.89. The molecule has 4 aromatic rings. The number of hydrogen-bond donors (Lipinski definition) is 1. The highest BCUT2D eigenvalue weighted by Crippen LogP contribution is 2.41. The van der Waals surface area contributed by atoms with E-state index in [4.69, 9.17) is 23.2 Å². The predicted octanol–water partition coefficient (Wildman–Crippen LogP) is 6.63. The number of hydrogen-bond acceptors (Lipinski definition) is 6. The van der Waals surface area contributed by atoms with Crippen molar-refractivity contribution in [3.8, 4) is 11.1 Å². The van der Waals surface area contributed by atoms with E-state index in [1.165, 1.54) is 18.5 Å². The number of rotatable bonds is 4. The molecule has 0 amide bonds. The number of anilines is 2. The predicted molar refractivity (Wildman–Crippen MR) is 114 cm³/mol. The summed E-state index contributed by atoms with van der Waals surface area (Å²) in [5.41, 5.74) is 2.34. The smallest absolute Gasteiger partial charge is 0.289 e. The molecule has 0 aliphatic heterocycles. The van der Waals surface area contributed by atoms with Crippen LogP contribution in [0.3, 0.4) is 0 Å². The molecule has 9 heteroatoms. The monoisotopic (exact) mass is 430 g/mol. The Morgan fingerprint density at radius 2 is 1.86 bits per heavy atom. The lowest BCUT2D eigenvalue weighted by Gasteiger charge is -2.09.